The van der Waals surface area contributed by atoms with Crippen LogP contribution in [0.15, 0.2) is 41.7 Å². The highest BCUT2D eigenvalue weighted by molar-refractivity contribution is 8.36. The molecule has 210 valence electrons. The zero-order chi connectivity index (χ0) is 28.1. The van der Waals surface area contributed by atoms with E-state index in [0.29, 0.717) is 54.3 Å². The molecule has 11 nitrogen and oxygen atoms in total. The molecule has 0 aromatic carbocycles. The second-order valence-electron chi connectivity index (χ2n) is 10.1. The van der Waals surface area contributed by atoms with E-state index in [2.05, 4.69) is 35.8 Å². The van der Waals surface area contributed by atoms with Gasteiger partial charge in [-0.25, -0.2) is 0 Å². The van der Waals surface area contributed by atoms with Gasteiger partial charge in [-0.2, -0.15) is 5.26 Å². The lowest BCUT2D eigenvalue weighted by molar-refractivity contribution is 0.0234. The Kier molecular flexibility index (Phi) is 8.44. The number of morpholine rings is 1. The lowest BCUT2D eigenvalue weighted by Crippen LogP contribution is -2.37. The Morgan fingerprint density at radius 1 is 1.10 bits per heavy atom. The Balaban J connectivity index is 1.42. The molecule has 5 heterocycles. The van der Waals surface area contributed by atoms with E-state index in [4.69, 9.17) is 14.2 Å². The van der Waals surface area contributed by atoms with Crippen LogP contribution >= 0.6 is 10.0 Å². The molecule has 1 N–H and O–H groups in total. The summed E-state index contributed by atoms with van der Waals surface area (Å²) in [6, 6.07) is 7.13. The lowest BCUT2D eigenvalue weighted by atomic mass is 10.1. The van der Waals surface area contributed by atoms with Crippen LogP contribution in [-0.2, 0) is 9.47 Å². The molecule has 5 rings (SSSR count). The fourth-order valence-corrected chi connectivity index (χ4v) is 5.35. The summed E-state index contributed by atoms with van der Waals surface area (Å²) in [7, 11) is -1.74. The Morgan fingerprint density at radius 2 is 1.85 bits per heavy atom. The third-order valence-corrected chi connectivity index (χ3v) is 8.63. The van der Waals surface area contributed by atoms with E-state index in [9.17, 15) is 10.1 Å². The first kappa shape index (κ1) is 27.8. The van der Waals surface area contributed by atoms with Gasteiger partial charge in [0.05, 0.1) is 49.0 Å². The second-order valence-corrected chi connectivity index (χ2v) is 13.3. The van der Waals surface area contributed by atoms with E-state index in [-0.39, 0.29) is 12.0 Å². The first-order chi connectivity index (χ1) is 19.3. The predicted molar refractivity (Wildman–Crippen MR) is 153 cm³/mol. The van der Waals surface area contributed by atoms with Crippen molar-refractivity contribution in [1.29, 1.82) is 5.26 Å². The molecule has 0 atom stereocenters. The molecule has 1 amide bonds. The monoisotopic (exact) mass is 563 g/mol. The third-order valence-electron chi connectivity index (χ3n) is 6.91. The van der Waals surface area contributed by atoms with Crippen LogP contribution in [0.4, 0.5) is 11.4 Å². The van der Waals surface area contributed by atoms with Crippen molar-refractivity contribution < 1.29 is 19.0 Å². The summed E-state index contributed by atoms with van der Waals surface area (Å²) in [6.45, 7) is 5.93. The van der Waals surface area contributed by atoms with Gasteiger partial charge < -0.3 is 24.4 Å². The molecule has 2 aliphatic heterocycles. The molecular weight excluding hydrogens is 530 g/mol. The number of nitrogens with one attached hydrogen (secondary N) is 1. The van der Waals surface area contributed by atoms with Gasteiger partial charge in [0.25, 0.3) is 11.8 Å². The first-order valence-electron chi connectivity index (χ1n) is 13.2. The number of anilines is 2. The van der Waals surface area contributed by atoms with Crippen molar-refractivity contribution in [3.63, 3.8) is 0 Å². The summed E-state index contributed by atoms with van der Waals surface area (Å²) in [6.07, 6.45) is 8.52. The summed E-state index contributed by atoms with van der Waals surface area (Å²) in [5.74, 6) is 0.192. The summed E-state index contributed by atoms with van der Waals surface area (Å²) in [5, 5.41) is 24.3. The number of hydrogen-bond acceptors (Lipinski definition) is 10. The van der Waals surface area contributed by atoms with Gasteiger partial charge in [0.2, 0.25) is 0 Å². The van der Waals surface area contributed by atoms with Gasteiger partial charge in [0.1, 0.15) is 17.2 Å². The van der Waals surface area contributed by atoms with Crippen molar-refractivity contribution in [2.24, 2.45) is 0 Å². The minimum Gasteiger partial charge on any atom is -0.472 e. The van der Waals surface area contributed by atoms with E-state index in [0.717, 1.165) is 42.9 Å². The first-order valence-corrected chi connectivity index (χ1v) is 15.6. The van der Waals surface area contributed by atoms with Crippen molar-refractivity contribution in [3.05, 3.63) is 47.9 Å². The zero-order valence-electron chi connectivity index (χ0n) is 22.9. The number of aromatic nitrogens is 4. The molecule has 3 aromatic rings. The highest BCUT2D eigenvalue weighted by atomic mass is 32.3. The van der Waals surface area contributed by atoms with Crippen molar-refractivity contribution >= 4 is 27.3 Å². The Hall–Kier alpha value is -3.79. The number of aryl methyl sites for hydroxylation is 1. The molecular formula is C28H33N7O4S. The molecule has 0 unspecified atom stereocenters. The number of amides is 1. The molecule has 0 spiro atoms. The largest absolute Gasteiger partial charge is 0.472 e. The molecule has 2 saturated heterocycles. The molecule has 2 aliphatic rings. The number of carbonyl (C=O) groups excluding carboxylic acids is 1. The predicted octanol–water partition coefficient (Wildman–Crippen LogP) is 3.79. The minimum atomic E-state index is -1.74. The number of carbonyl (C=O) groups is 1. The SMILES string of the molecule is Cc1ncc(NC(=O)c2ccnc(S(C)(C)C#N)c2)cc1-c1cc(N2CCOCC2)c(OC2CCOCC2)nn1. The van der Waals surface area contributed by atoms with Crippen LogP contribution in [0.2, 0.25) is 0 Å². The van der Waals surface area contributed by atoms with Gasteiger partial charge >= 0.3 is 0 Å². The van der Waals surface area contributed by atoms with Crippen molar-refractivity contribution in [3.8, 4) is 22.5 Å². The third kappa shape index (κ3) is 6.33. The summed E-state index contributed by atoms with van der Waals surface area (Å²) < 4.78 is 17.3. The number of nitrogens with zero attached hydrogens (tertiary/aromatic N) is 6. The smallest absolute Gasteiger partial charge is 0.257 e. The summed E-state index contributed by atoms with van der Waals surface area (Å²) in [5.41, 5.74) is 3.94. The molecule has 12 heteroatoms. The summed E-state index contributed by atoms with van der Waals surface area (Å²) in [4.78, 5) is 24.1. The molecule has 0 saturated carbocycles. The number of thiocyanates is 1. The van der Waals surface area contributed by atoms with Crippen molar-refractivity contribution in [1.82, 2.24) is 20.2 Å². The lowest BCUT2D eigenvalue weighted by Gasteiger charge is -2.31. The van der Waals surface area contributed by atoms with Gasteiger partial charge in [-0.15, -0.1) is 20.2 Å². The fourth-order valence-electron chi connectivity index (χ4n) is 4.51. The molecule has 0 bridgehead atoms. The number of nitriles is 1. The Labute approximate surface area is 235 Å². The van der Waals surface area contributed by atoms with Crippen LogP contribution in [0.3, 0.4) is 0 Å². The number of hydrogen-bond donors (Lipinski definition) is 1. The second kappa shape index (κ2) is 12.2. The Bertz CT molecular complexity index is 1420. The van der Waals surface area contributed by atoms with Gasteiger partial charge in [-0.1, -0.05) is 0 Å². The van der Waals surface area contributed by atoms with E-state index in [1.54, 1.807) is 24.5 Å². The van der Waals surface area contributed by atoms with Crippen LogP contribution in [-0.4, -0.2) is 84.2 Å². The fraction of sp³-hybridized carbons (Fsp3) is 0.429. The van der Waals surface area contributed by atoms with Crippen LogP contribution in [0.5, 0.6) is 5.88 Å². The maximum Gasteiger partial charge on any atom is 0.257 e. The summed E-state index contributed by atoms with van der Waals surface area (Å²) >= 11 is 0. The highest BCUT2D eigenvalue weighted by Gasteiger charge is 2.24. The zero-order valence-corrected chi connectivity index (χ0v) is 23.7. The normalized spacial score (nSPS) is 16.7. The van der Waals surface area contributed by atoms with E-state index >= 15 is 0 Å². The van der Waals surface area contributed by atoms with Crippen LogP contribution in [0.25, 0.3) is 11.3 Å². The maximum absolute atomic E-state index is 13.1. The maximum atomic E-state index is 13.1. The van der Waals surface area contributed by atoms with E-state index < -0.39 is 10.0 Å². The van der Waals surface area contributed by atoms with Gasteiger partial charge in [0.15, 0.2) is 0 Å². The molecule has 2 fully saturated rings. The topological polar surface area (TPSA) is 135 Å². The Morgan fingerprint density at radius 3 is 2.60 bits per heavy atom. The van der Waals surface area contributed by atoms with Crippen LogP contribution in [0, 0.1) is 17.6 Å². The quantitative estimate of drug-likeness (QED) is 0.423. The van der Waals surface area contributed by atoms with Gasteiger partial charge in [0, 0.05) is 48.9 Å². The average Bonchev–Trinajstić information content (AvgIpc) is 2.99. The standard InChI is InChI=1S/C28H33N7O4S/c1-19-23(15-21(17-31-19)32-27(36)20-4-7-30-26(14-20)40(2,3)18-29)24-16-25(35-8-12-38-13-9-35)28(34-33-24)39-22-5-10-37-11-6-22/h4,7,14-17,22H,5-6,8-13H2,1-3H3,(H,32,36). The van der Waals surface area contributed by atoms with Crippen LogP contribution in [0.1, 0.15) is 28.9 Å². The van der Waals surface area contributed by atoms with Crippen molar-refractivity contribution in [2.75, 3.05) is 62.2 Å². The van der Waals surface area contributed by atoms with Crippen molar-refractivity contribution in [2.45, 2.75) is 30.9 Å². The van der Waals surface area contributed by atoms with Crippen LogP contribution < -0.4 is 15.0 Å². The number of pyridine rings is 2. The van der Waals surface area contributed by atoms with Gasteiger partial charge in [-0.3, -0.25) is 14.8 Å². The number of ether oxygens (including phenoxy) is 3. The van der Waals surface area contributed by atoms with Gasteiger partial charge in [-0.05, 0) is 43.7 Å². The molecule has 3 aromatic heterocycles. The highest BCUT2D eigenvalue weighted by Crippen LogP contribution is 2.46. The average molecular weight is 564 g/mol. The minimum absolute atomic E-state index is 0.0321. The van der Waals surface area contributed by atoms with E-state index in [1.807, 2.05) is 31.6 Å². The molecule has 40 heavy (non-hydrogen) atoms. The van der Waals surface area contributed by atoms with E-state index in [1.165, 1.54) is 0 Å². The molecule has 0 radical (unpaired) electrons. The molecule has 0 aliphatic carbocycles. The number of rotatable bonds is 7.